The van der Waals surface area contributed by atoms with E-state index in [2.05, 4.69) is 30.4 Å². The Bertz CT molecular complexity index is 1190. The number of nitrogens with one attached hydrogen (secondary N) is 2. The van der Waals surface area contributed by atoms with E-state index in [-0.39, 0.29) is 6.03 Å². The Labute approximate surface area is 204 Å². The molecule has 4 heterocycles. The number of aryl methyl sites for hydroxylation is 1. The molecule has 1 saturated heterocycles. The van der Waals surface area contributed by atoms with Crippen LogP contribution < -0.4 is 20.4 Å². The highest BCUT2D eigenvalue weighted by Gasteiger charge is 2.27. The number of amides is 2. The third-order valence-corrected chi connectivity index (χ3v) is 6.20. The minimum absolute atomic E-state index is 0.219. The number of nitrogens with zero attached hydrogens (tertiary/aromatic N) is 6. The highest BCUT2D eigenvalue weighted by atomic mass is 16.5. The molecule has 3 aromatic rings. The van der Waals surface area contributed by atoms with E-state index in [0.29, 0.717) is 32.1 Å². The molecule has 2 aliphatic rings. The Balaban J connectivity index is 1.46. The second-order valence-electron chi connectivity index (χ2n) is 8.65. The average molecular weight is 475 g/mol. The van der Waals surface area contributed by atoms with Crippen LogP contribution in [0.1, 0.15) is 23.9 Å². The summed E-state index contributed by atoms with van der Waals surface area (Å²) < 4.78 is 5.59. The van der Waals surface area contributed by atoms with Gasteiger partial charge in [0, 0.05) is 67.7 Å². The van der Waals surface area contributed by atoms with E-state index in [1.54, 1.807) is 6.33 Å². The standard InChI is InChI=1S/C25H30N8O2/c1-3-26-25(34)29-19-6-4-18(5-7-19)23-30-21-8-9-33(22-14-17(2)27-16-28-22)15-20(21)24(31-23)32-10-12-35-13-11-32/h4-7,14,16H,3,8-13,15H2,1-2H3,(H2,26,29,34). The molecule has 0 atom stereocenters. The van der Waals surface area contributed by atoms with Crippen molar-refractivity contribution in [3.05, 3.63) is 53.6 Å². The van der Waals surface area contributed by atoms with E-state index in [1.165, 1.54) is 0 Å². The van der Waals surface area contributed by atoms with Crippen LogP contribution in [-0.4, -0.2) is 65.4 Å². The van der Waals surface area contributed by atoms with Gasteiger partial charge in [0.1, 0.15) is 18.0 Å². The molecule has 0 saturated carbocycles. The van der Waals surface area contributed by atoms with E-state index < -0.39 is 0 Å². The van der Waals surface area contributed by atoms with Gasteiger partial charge in [-0.2, -0.15) is 0 Å². The van der Waals surface area contributed by atoms with E-state index in [4.69, 9.17) is 14.7 Å². The molecule has 0 bridgehead atoms. The molecule has 2 N–H and O–H groups in total. The van der Waals surface area contributed by atoms with Gasteiger partial charge in [0.2, 0.25) is 0 Å². The largest absolute Gasteiger partial charge is 0.378 e. The third kappa shape index (κ3) is 5.17. The summed E-state index contributed by atoms with van der Waals surface area (Å²) in [5, 5.41) is 5.56. The fourth-order valence-corrected chi connectivity index (χ4v) is 4.41. The lowest BCUT2D eigenvalue weighted by atomic mass is 10.0. The second-order valence-corrected chi connectivity index (χ2v) is 8.65. The molecule has 1 fully saturated rings. The molecule has 35 heavy (non-hydrogen) atoms. The quantitative estimate of drug-likeness (QED) is 0.581. The van der Waals surface area contributed by atoms with Crippen LogP contribution in [0.3, 0.4) is 0 Å². The Morgan fingerprint density at radius 1 is 1.06 bits per heavy atom. The number of carbonyl (C=O) groups is 1. The highest BCUT2D eigenvalue weighted by Crippen LogP contribution is 2.32. The molecular formula is C25H30N8O2. The number of fused-ring (bicyclic) bond motifs is 1. The predicted octanol–water partition coefficient (Wildman–Crippen LogP) is 2.78. The first-order valence-electron chi connectivity index (χ1n) is 12.0. The number of aromatic nitrogens is 4. The monoisotopic (exact) mass is 474 g/mol. The van der Waals surface area contributed by atoms with Crippen LogP contribution in [0.25, 0.3) is 11.4 Å². The molecule has 2 aromatic heterocycles. The van der Waals surface area contributed by atoms with Crippen LogP contribution >= 0.6 is 0 Å². The van der Waals surface area contributed by atoms with Crippen molar-refractivity contribution in [3.63, 3.8) is 0 Å². The normalized spacial score (nSPS) is 15.5. The zero-order chi connectivity index (χ0) is 24.2. The summed E-state index contributed by atoms with van der Waals surface area (Å²) in [4.78, 5) is 35.1. The first-order chi connectivity index (χ1) is 17.1. The van der Waals surface area contributed by atoms with Gasteiger partial charge in [-0.1, -0.05) is 0 Å². The molecule has 0 radical (unpaired) electrons. The van der Waals surface area contributed by atoms with Gasteiger partial charge in [0.15, 0.2) is 5.82 Å². The number of ether oxygens (including phenoxy) is 1. The Kier molecular flexibility index (Phi) is 6.71. The lowest BCUT2D eigenvalue weighted by Gasteiger charge is -2.35. The van der Waals surface area contributed by atoms with Crippen LogP contribution in [-0.2, 0) is 17.7 Å². The Hall–Kier alpha value is -3.79. The highest BCUT2D eigenvalue weighted by molar-refractivity contribution is 5.89. The van der Waals surface area contributed by atoms with E-state index >= 15 is 0 Å². The number of morpholine rings is 1. The van der Waals surface area contributed by atoms with Crippen molar-refractivity contribution >= 4 is 23.4 Å². The van der Waals surface area contributed by atoms with Gasteiger partial charge in [0.05, 0.1) is 18.9 Å². The maximum atomic E-state index is 11.8. The van der Waals surface area contributed by atoms with Crippen LogP contribution in [0.5, 0.6) is 0 Å². The molecule has 0 aliphatic carbocycles. The molecule has 2 aliphatic heterocycles. The van der Waals surface area contributed by atoms with Gasteiger partial charge < -0.3 is 25.2 Å². The maximum Gasteiger partial charge on any atom is 0.319 e. The zero-order valence-electron chi connectivity index (χ0n) is 20.1. The van der Waals surface area contributed by atoms with E-state index in [1.807, 2.05) is 44.2 Å². The fourth-order valence-electron chi connectivity index (χ4n) is 4.41. The van der Waals surface area contributed by atoms with Crippen LogP contribution in [0.4, 0.5) is 22.1 Å². The van der Waals surface area contributed by atoms with Crippen molar-refractivity contribution in [2.45, 2.75) is 26.8 Å². The summed E-state index contributed by atoms with van der Waals surface area (Å²) in [6, 6.07) is 9.45. The number of rotatable bonds is 5. The van der Waals surface area contributed by atoms with Crippen molar-refractivity contribution in [1.82, 2.24) is 25.3 Å². The minimum atomic E-state index is -0.219. The molecule has 182 valence electrons. The molecule has 0 unspecified atom stereocenters. The molecule has 10 heteroatoms. The first kappa shape index (κ1) is 23.0. The smallest absolute Gasteiger partial charge is 0.319 e. The molecule has 1 aromatic carbocycles. The fraction of sp³-hybridized carbons (Fsp3) is 0.400. The van der Waals surface area contributed by atoms with Gasteiger partial charge in [0.25, 0.3) is 0 Å². The summed E-state index contributed by atoms with van der Waals surface area (Å²) in [7, 11) is 0. The van der Waals surface area contributed by atoms with Gasteiger partial charge in [-0.05, 0) is 38.1 Å². The van der Waals surface area contributed by atoms with Gasteiger partial charge in [-0.3, -0.25) is 0 Å². The summed E-state index contributed by atoms with van der Waals surface area (Å²) in [6.07, 6.45) is 2.43. The molecule has 2 amide bonds. The van der Waals surface area contributed by atoms with Crippen molar-refractivity contribution in [3.8, 4) is 11.4 Å². The van der Waals surface area contributed by atoms with Gasteiger partial charge in [-0.15, -0.1) is 0 Å². The summed E-state index contributed by atoms with van der Waals surface area (Å²) in [5.74, 6) is 2.59. The van der Waals surface area contributed by atoms with Crippen molar-refractivity contribution in [2.75, 3.05) is 54.5 Å². The first-order valence-corrected chi connectivity index (χ1v) is 12.0. The zero-order valence-corrected chi connectivity index (χ0v) is 20.1. The molecule has 10 nitrogen and oxygen atoms in total. The minimum Gasteiger partial charge on any atom is -0.378 e. The van der Waals surface area contributed by atoms with Gasteiger partial charge >= 0.3 is 6.03 Å². The predicted molar refractivity (Wildman–Crippen MR) is 135 cm³/mol. The maximum absolute atomic E-state index is 11.8. The lowest BCUT2D eigenvalue weighted by Crippen LogP contribution is -2.40. The van der Waals surface area contributed by atoms with Crippen molar-refractivity contribution < 1.29 is 9.53 Å². The Morgan fingerprint density at radius 3 is 2.60 bits per heavy atom. The number of carbonyl (C=O) groups excluding carboxylic acids is 1. The van der Waals surface area contributed by atoms with Crippen molar-refractivity contribution in [1.29, 1.82) is 0 Å². The number of hydrogen-bond acceptors (Lipinski definition) is 8. The SMILES string of the molecule is CCNC(=O)Nc1ccc(-c2nc3c(c(N4CCOCC4)n2)CN(c2cc(C)ncn2)CC3)cc1. The number of benzene rings is 1. The van der Waals surface area contributed by atoms with Gasteiger partial charge in [-0.25, -0.2) is 24.7 Å². The third-order valence-electron chi connectivity index (χ3n) is 6.20. The molecule has 0 spiro atoms. The number of hydrogen-bond donors (Lipinski definition) is 2. The summed E-state index contributed by atoms with van der Waals surface area (Å²) in [6.45, 7) is 8.93. The van der Waals surface area contributed by atoms with Crippen molar-refractivity contribution in [2.24, 2.45) is 0 Å². The van der Waals surface area contributed by atoms with Crippen LogP contribution in [0.2, 0.25) is 0 Å². The van der Waals surface area contributed by atoms with E-state index in [9.17, 15) is 4.79 Å². The summed E-state index contributed by atoms with van der Waals surface area (Å²) >= 11 is 0. The molecule has 5 rings (SSSR count). The number of anilines is 3. The second kappa shape index (κ2) is 10.2. The molecular weight excluding hydrogens is 444 g/mol. The summed E-state index contributed by atoms with van der Waals surface area (Å²) in [5.41, 5.74) is 4.81. The average Bonchev–Trinajstić information content (AvgIpc) is 2.89. The lowest BCUT2D eigenvalue weighted by molar-refractivity contribution is 0.122. The van der Waals surface area contributed by atoms with Crippen LogP contribution in [0, 0.1) is 6.92 Å². The van der Waals surface area contributed by atoms with E-state index in [0.717, 1.165) is 65.9 Å². The number of urea groups is 1. The topological polar surface area (TPSA) is 108 Å². The van der Waals surface area contributed by atoms with Crippen LogP contribution in [0.15, 0.2) is 36.7 Å². The Morgan fingerprint density at radius 2 is 1.86 bits per heavy atom.